The minimum atomic E-state index is -1.18. The first kappa shape index (κ1) is 31.5. The number of hydrogen-bond donors (Lipinski definition) is 0. The lowest BCUT2D eigenvalue weighted by Crippen LogP contribution is -2.23. The first-order valence-corrected chi connectivity index (χ1v) is 20.5. The molecule has 4 aromatic rings. The molecule has 5 rings (SSSR count). The maximum Gasteiger partial charge on any atom is 0.358 e. The lowest BCUT2D eigenvalue weighted by atomic mass is 9.87. The minimum Gasteiger partial charge on any atom is -0.461 e. The van der Waals surface area contributed by atoms with E-state index in [0.29, 0.717) is 41.7 Å². The van der Waals surface area contributed by atoms with E-state index in [1.54, 1.807) is 22.7 Å². The van der Waals surface area contributed by atoms with Crippen LogP contribution < -0.4 is 9.70 Å². The predicted molar refractivity (Wildman–Crippen MR) is 178 cm³/mol. The van der Waals surface area contributed by atoms with Crippen molar-refractivity contribution in [3.8, 4) is 0 Å². The lowest BCUT2D eigenvalue weighted by Gasteiger charge is -2.20. The van der Waals surface area contributed by atoms with Crippen molar-refractivity contribution in [3.63, 3.8) is 0 Å². The van der Waals surface area contributed by atoms with Gasteiger partial charge in [0, 0.05) is 26.6 Å². The van der Waals surface area contributed by atoms with Crippen molar-refractivity contribution >= 4 is 63.7 Å². The van der Waals surface area contributed by atoms with Gasteiger partial charge in [0.15, 0.2) is 27.3 Å². The summed E-state index contributed by atoms with van der Waals surface area (Å²) in [6, 6.07) is 11.4. The highest BCUT2D eigenvalue weighted by molar-refractivity contribution is 7.16. The number of esters is 1. The van der Waals surface area contributed by atoms with Crippen LogP contribution >= 0.6 is 22.7 Å². The smallest absolute Gasteiger partial charge is 0.358 e. The molecule has 1 fully saturated rings. The van der Waals surface area contributed by atoms with Crippen LogP contribution in [0.4, 0.5) is 16.8 Å². The van der Waals surface area contributed by atoms with Crippen molar-refractivity contribution in [1.29, 1.82) is 0 Å². The molecule has 0 saturated heterocycles. The topological polar surface area (TPSA) is 94.7 Å². The number of benzene rings is 1. The molecule has 230 valence electrons. The van der Waals surface area contributed by atoms with Crippen molar-refractivity contribution < 1.29 is 14.3 Å². The molecule has 1 saturated carbocycles. The number of aromatic nitrogens is 4. The van der Waals surface area contributed by atoms with Crippen LogP contribution in [-0.4, -0.2) is 54.1 Å². The Morgan fingerprint density at radius 1 is 1.14 bits per heavy atom. The van der Waals surface area contributed by atoms with Crippen LogP contribution in [0.3, 0.4) is 0 Å². The Hall–Kier alpha value is -2.93. The molecule has 0 bridgehead atoms. The molecule has 0 N–H and O–H groups in total. The van der Waals surface area contributed by atoms with Gasteiger partial charge in [-0.25, -0.2) is 9.78 Å². The summed E-state index contributed by atoms with van der Waals surface area (Å²) in [6.45, 7) is 12.4. The van der Waals surface area contributed by atoms with Gasteiger partial charge in [-0.3, -0.25) is 4.57 Å². The highest BCUT2D eigenvalue weighted by Gasteiger charge is 2.28. The third-order valence-corrected chi connectivity index (χ3v) is 11.7. The Bertz CT molecular complexity index is 1630. The Morgan fingerprint density at radius 2 is 1.91 bits per heavy atom. The molecule has 1 aliphatic carbocycles. The van der Waals surface area contributed by atoms with Crippen LogP contribution in [0.1, 0.15) is 65.9 Å². The van der Waals surface area contributed by atoms with Crippen LogP contribution in [0.25, 0.3) is 10.2 Å². The second-order valence-corrected chi connectivity index (χ2v) is 19.9. The van der Waals surface area contributed by atoms with E-state index in [9.17, 15) is 4.79 Å². The summed E-state index contributed by atoms with van der Waals surface area (Å²) >= 11 is 3.18. The fourth-order valence-corrected chi connectivity index (χ4v) is 8.11. The number of rotatable bonds is 11. The molecule has 0 spiro atoms. The molecule has 1 aromatic carbocycles. The zero-order chi connectivity index (χ0) is 30.6. The molecule has 3 aromatic heterocycles. The molecule has 0 atom stereocenters. The van der Waals surface area contributed by atoms with Crippen LogP contribution in [0.2, 0.25) is 25.7 Å². The normalized spacial score (nSPS) is 14.9. The van der Waals surface area contributed by atoms with E-state index in [1.165, 1.54) is 19.3 Å². The highest BCUT2D eigenvalue weighted by Crippen LogP contribution is 2.41. The summed E-state index contributed by atoms with van der Waals surface area (Å²) in [5.41, 5.74) is 2.43. The van der Waals surface area contributed by atoms with Gasteiger partial charge in [0.1, 0.15) is 6.73 Å². The Balaban J connectivity index is 1.42. The van der Waals surface area contributed by atoms with Gasteiger partial charge in [0.05, 0.1) is 16.8 Å². The SMILES string of the molecule is CCOC(=O)c1nc(N(C)c2cc(C)c(/N=c3\sc4ccccc4n3COCC[Si](C)(C)C)nn2)sc1C1CCCCC1. The number of thiazole rings is 2. The zero-order valence-electron chi connectivity index (χ0n) is 26.1. The van der Waals surface area contributed by atoms with Gasteiger partial charge in [-0.15, -0.1) is 21.5 Å². The minimum absolute atomic E-state index is 0.325. The van der Waals surface area contributed by atoms with Gasteiger partial charge in [-0.05, 0) is 62.4 Å². The zero-order valence-corrected chi connectivity index (χ0v) is 28.7. The standard InChI is InChI=1S/C31H42N6O3S2Si/c1-7-40-29(38)26-27(22-13-9-8-10-14-22)42-30(32-26)36(3)25-19-21(2)28(35-34-25)33-31-37(20-39-17-18-43(4,5)6)23-15-11-12-16-24(23)41-31/h11-12,15-16,19,22H,7-10,13-14,17-18,20H2,1-6H3/b33-31-. The number of carbonyl (C=O) groups is 1. The van der Waals surface area contributed by atoms with E-state index in [0.717, 1.165) is 51.0 Å². The third kappa shape index (κ3) is 7.60. The largest absolute Gasteiger partial charge is 0.461 e. The fourth-order valence-electron chi connectivity index (χ4n) is 5.14. The van der Waals surface area contributed by atoms with E-state index < -0.39 is 8.07 Å². The van der Waals surface area contributed by atoms with Gasteiger partial charge in [0.2, 0.25) is 0 Å². The molecule has 1 aliphatic rings. The number of fused-ring (bicyclic) bond motifs is 1. The summed E-state index contributed by atoms with van der Waals surface area (Å²) in [4.78, 5) is 26.3. The molecule has 12 heteroatoms. The maximum atomic E-state index is 12.8. The molecule has 0 amide bonds. The fraction of sp³-hybridized carbons (Fsp3) is 0.516. The van der Waals surface area contributed by atoms with Crippen LogP contribution in [0, 0.1) is 6.92 Å². The summed E-state index contributed by atoms with van der Waals surface area (Å²) < 4.78 is 14.7. The maximum absolute atomic E-state index is 12.8. The number of para-hydroxylation sites is 1. The molecule has 9 nitrogen and oxygen atoms in total. The van der Waals surface area contributed by atoms with Crippen LogP contribution in [-0.2, 0) is 16.2 Å². The molecular weight excluding hydrogens is 597 g/mol. The number of hydrogen-bond acceptors (Lipinski definition) is 10. The third-order valence-electron chi connectivity index (χ3n) is 7.67. The predicted octanol–water partition coefficient (Wildman–Crippen LogP) is 7.79. The number of aryl methyl sites for hydroxylation is 1. The summed E-state index contributed by atoms with van der Waals surface area (Å²) in [5.74, 6) is 1.20. The molecular formula is C31H42N6O3S2Si. The average Bonchev–Trinajstić information content (AvgIpc) is 3.58. The second kappa shape index (κ2) is 13.8. The molecule has 0 aliphatic heterocycles. The second-order valence-electron chi connectivity index (χ2n) is 12.3. The average molecular weight is 639 g/mol. The summed E-state index contributed by atoms with van der Waals surface area (Å²) in [5, 5.41) is 9.77. The van der Waals surface area contributed by atoms with Crippen molar-refractivity contribution in [2.24, 2.45) is 4.99 Å². The van der Waals surface area contributed by atoms with Gasteiger partial charge in [0.25, 0.3) is 0 Å². The molecule has 0 unspecified atom stereocenters. The first-order chi connectivity index (χ1) is 20.6. The Morgan fingerprint density at radius 3 is 2.63 bits per heavy atom. The van der Waals surface area contributed by atoms with Crippen LogP contribution in [0.5, 0.6) is 0 Å². The van der Waals surface area contributed by atoms with Gasteiger partial charge >= 0.3 is 5.97 Å². The number of nitrogens with zero attached hydrogens (tertiary/aromatic N) is 6. The number of carbonyl (C=O) groups excluding carboxylic acids is 1. The van der Waals surface area contributed by atoms with Gasteiger partial charge < -0.3 is 14.4 Å². The van der Waals surface area contributed by atoms with E-state index in [2.05, 4.69) is 46.5 Å². The van der Waals surface area contributed by atoms with E-state index >= 15 is 0 Å². The Labute approximate surface area is 262 Å². The molecule has 0 radical (unpaired) electrons. The summed E-state index contributed by atoms with van der Waals surface area (Å²) in [7, 11) is 0.734. The number of anilines is 2. The van der Waals surface area contributed by atoms with Crippen LogP contribution in [0.15, 0.2) is 35.3 Å². The first-order valence-electron chi connectivity index (χ1n) is 15.1. The van der Waals surface area contributed by atoms with Crippen molar-refractivity contribution in [2.45, 2.75) is 84.3 Å². The highest BCUT2D eigenvalue weighted by atomic mass is 32.1. The Kier molecular flexibility index (Phi) is 10.1. The molecule has 43 heavy (non-hydrogen) atoms. The van der Waals surface area contributed by atoms with Crippen molar-refractivity contribution in [1.82, 2.24) is 19.7 Å². The lowest BCUT2D eigenvalue weighted by molar-refractivity contribution is 0.0518. The van der Waals surface area contributed by atoms with Crippen molar-refractivity contribution in [3.05, 3.63) is 51.3 Å². The van der Waals surface area contributed by atoms with Gasteiger partial charge in [-0.2, -0.15) is 4.99 Å². The van der Waals surface area contributed by atoms with E-state index in [4.69, 9.17) is 19.5 Å². The quantitative estimate of drug-likeness (QED) is 0.0940. The number of ether oxygens (including phenoxy) is 2. The van der Waals surface area contributed by atoms with Crippen molar-refractivity contribution in [2.75, 3.05) is 25.2 Å². The van der Waals surface area contributed by atoms with E-state index in [-0.39, 0.29) is 5.97 Å². The molecule has 3 heterocycles. The van der Waals surface area contributed by atoms with E-state index in [1.807, 2.05) is 44.0 Å². The van der Waals surface area contributed by atoms with Gasteiger partial charge in [-0.1, -0.05) is 62.4 Å². The summed E-state index contributed by atoms with van der Waals surface area (Å²) in [6.07, 6.45) is 5.75. The monoisotopic (exact) mass is 638 g/mol.